The molecular weight excluding hydrogens is 422 g/mol. The molecule has 1 unspecified atom stereocenters. The maximum Gasteiger partial charge on any atom is 0.300 e. The average Bonchev–Trinajstić information content (AvgIpc) is 3.10. The number of ether oxygens (including phenoxy) is 1. The number of phenolic OH excluding ortho intramolecular Hbond substituents is 1. The van der Waals surface area contributed by atoms with E-state index in [4.69, 9.17) is 4.74 Å². The SMILES string of the molecule is CN1CCOc2ccc(/C(O)=C3/C(=O)C(=O)N(c4ccccc4O)C3c3ccncc3)cc21. The molecule has 8 nitrogen and oxygen atoms in total. The Morgan fingerprint density at radius 1 is 1.06 bits per heavy atom. The van der Waals surface area contributed by atoms with Crippen LogP contribution in [0.3, 0.4) is 0 Å². The molecule has 0 radical (unpaired) electrons. The van der Waals surface area contributed by atoms with Crippen molar-refractivity contribution in [3.05, 3.63) is 83.7 Å². The van der Waals surface area contributed by atoms with Crippen LogP contribution in [0.1, 0.15) is 17.2 Å². The zero-order valence-electron chi connectivity index (χ0n) is 17.8. The molecule has 2 aliphatic rings. The lowest BCUT2D eigenvalue weighted by molar-refractivity contribution is -0.132. The van der Waals surface area contributed by atoms with Gasteiger partial charge in [-0.3, -0.25) is 19.5 Å². The number of nitrogens with zero attached hydrogens (tertiary/aromatic N) is 3. The molecule has 2 aliphatic heterocycles. The Balaban J connectivity index is 1.71. The highest BCUT2D eigenvalue weighted by molar-refractivity contribution is 6.51. The van der Waals surface area contributed by atoms with Gasteiger partial charge in [-0.25, -0.2) is 0 Å². The molecule has 3 heterocycles. The van der Waals surface area contributed by atoms with Crippen LogP contribution in [0.15, 0.2) is 72.6 Å². The molecule has 0 saturated carbocycles. The summed E-state index contributed by atoms with van der Waals surface area (Å²) in [4.78, 5) is 33.6. The van der Waals surface area contributed by atoms with Crippen LogP contribution in [0.2, 0.25) is 0 Å². The number of aliphatic hydroxyl groups excluding tert-OH is 1. The van der Waals surface area contributed by atoms with Crippen molar-refractivity contribution in [1.29, 1.82) is 0 Å². The van der Waals surface area contributed by atoms with Gasteiger partial charge in [0.15, 0.2) is 0 Å². The van der Waals surface area contributed by atoms with E-state index in [1.165, 1.54) is 11.0 Å². The number of amides is 1. The fourth-order valence-corrected chi connectivity index (χ4v) is 4.26. The number of ketones is 1. The zero-order chi connectivity index (χ0) is 23.1. The van der Waals surface area contributed by atoms with Crippen molar-refractivity contribution in [3.8, 4) is 11.5 Å². The summed E-state index contributed by atoms with van der Waals surface area (Å²) < 4.78 is 5.67. The third kappa shape index (κ3) is 3.36. The van der Waals surface area contributed by atoms with Crippen molar-refractivity contribution >= 4 is 28.8 Å². The van der Waals surface area contributed by atoms with Crippen molar-refractivity contribution in [2.75, 3.05) is 30.0 Å². The minimum atomic E-state index is -0.939. The van der Waals surface area contributed by atoms with Gasteiger partial charge in [0.25, 0.3) is 11.7 Å². The number of benzene rings is 2. The maximum atomic E-state index is 13.2. The van der Waals surface area contributed by atoms with Gasteiger partial charge in [0, 0.05) is 25.0 Å². The van der Waals surface area contributed by atoms with Crippen molar-refractivity contribution < 1.29 is 24.5 Å². The third-order valence-corrected chi connectivity index (χ3v) is 5.94. The highest BCUT2D eigenvalue weighted by atomic mass is 16.5. The summed E-state index contributed by atoms with van der Waals surface area (Å²) in [6, 6.07) is 13.8. The van der Waals surface area contributed by atoms with E-state index in [1.807, 2.05) is 11.9 Å². The predicted octanol–water partition coefficient (Wildman–Crippen LogP) is 3.24. The number of aliphatic hydroxyl groups is 1. The Morgan fingerprint density at radius 2 is 1.82 bits per heavy atom. The van der Waals surface area contributed by atoms with E-state index in [1.54, 1.807) is 60.9 Å². The third-order valence-electron chi connectivity index (χ3n) is 5.94. The van der Waals surface area contributed by atoms with E-state index in [9.17, 15) is 19.8 Å². The molecule has 0 aliphatic carbocycles. The number of hydrogen-bond acceptors (Lipinski definition) is 7. The number of carbonyl (C=O) groups excluding carboxylic acids is 2. The van der Waals surface area contributed by atoms with Crippen LogP contribution < -0.4 is 14.5 Å². The molecule has 166 valence electrons. The number of anilines is 2. The van der Waals surface area contributed by atoms with Gasteiger partial charge in [-0.2, -0.15) is 0 Å². The summed E-state index contributed by atoms with van der Waals surface area (Å²) in [7, 11) is 1.92. The number of hydrogen-bond donors (Lipinski definition) is 2. The van der Waals surface area contributed by atoms with E-state index >= 15 is 0 Å². The lowest BCUT2D eigenvalue weighted by atomic mass is 9.95. The van der Waals surface area contributed by atoms with Gasteiger partial charge in [-0.05, 0) is 48.0 Å². The smallest absolute Gasteiger partial charge is 0.300 e. The average molecular weight is 443 g/mol. The molecule has 1 atom stereocenters. The number of aromatic nitrogens is 1. The zero-order valence-corrected chi connectivity index (χ0v) is 17.8. The van der Waals surface area contributed by atoms with Gasteiger partial charge < -0.3 is 19.8 Å². The fourth-order valence-electron chi connectivity index (χ4n) is 4.26. The Bertz CT molecular complexity index is 1290. The molecule has 5 rings (SSSR count). The van der Waals surface area contributed by atoms with E-state index in [0.717, 1.165) is 5.69 Å². The van der Waals surface area contributed by atoms with Crippen LogP contribution in [0, 0.1) is 0 Å². The Morgan fingerprint density at radius 3 is 2.58 bits per heavy atom. The molecule has 1 fully saturated rings. The van der Waals surface area contributed by atoms with Crippen LogP contribution in [0.4, 0.5) is 11.4 Å². The lowest BCUT2D eigenvalue weighted by Gasteiger charge is -2.28. The number of Topliss-reactive ketones (excluding diaryl/α,β-unsaturated/α-hetero) is 1. The van der Waals surface area contributed by atoms with Crippen LogP contribution >= 0.6 is 0 Å². The Hall–Kier alpha value is -4.33. The first-order chi connectivity index (χ1) is 16.0. The predicted molar refractivity (Wildman–Crippen MR) is 122 cm³/mol. The van der Waals surface area contributed by atoms with Gasteiger partial charge in [-0.15, -0.1) is 0 Å². The van der Waals surface area contributed by atoms with Crippen LogP contribution in [-0.2, 0) is 9.59 Å². The van der Waals surface area contributed by atoms with Crippen LogP contribution in [0.25, 0.3) is 5.76 Å². The Labute approximate surface area is 190 Å². The van der Waals surface area contributed by atoms with E-state index in [0.29, 0.717) is 30.0 Å². The minimum absolute atomic E-state index is 0.0613. The minimum Gasteiger partial charge on any atom is -0.507 e. The molecule has 3 aromatic rings. The summed E-state index contributed by atoms with van der Waals surface area (Å²) in [5, 5.41) is 21.7. The van der Waals surface area contributed by atoms with E-state index in [-0.39, 0.29) is 22.8 Å². The largest absolute Gasteiger partial charge is 0.507 e. The number of likely N-dealkylation sites (N-methyl/N-ethyl adjacent to an activating group) is 1. The van der Waals surface area contributed by atoms with Gasteiger partial charge in [0.05, 0.1) is 29.5 Å². The summed E-state index contributed by atoms with van der Waals surface area (Å²) in [6.45, 7) is 1.24. The second-order valence-electron chi connectivity index (χ2n) is 7.89. The highest BCUT2D eigenvalue weighted by Gasteiger charge is 2.47. The molecule has 0 spiro atoms. The number of para-hydroxylation sites is 2. The molecule has 0 bridgehead atoms. The molecule has 2 N–H and O–H groups in total. The number of pyridine rings is 1. The topological polar surface area (TPSA) is 103 Å². The van der Waals surface area contributed by atoms with Gasteiger partial charge in [0.2, 0.25) is 0 Å². The lowest BCUT2D eigenvalue weighted by Crippen LogP contribution is -2.29. The molecule has 8 heteroatoms. The number of rotatable bonds is 3. The molecule has 33 heavy (non-hydrogen) atoms. The fraction of sp³-hybridized carbons (Fsp3) is 0.160. The standard InChI is InChI=1S/C25H21N3O5/c1-27-12-13-33-20-7-6-16(14-18(20)27)23(30)21-22(15-8-10-26-11-9-15)28(25(32)24(21)31)17-4-2-3-5-19(17)29/h2-11,14,22,29-30H,12-13H2,1H3/b23-21-. The first-order valence-corrected chi connectivity index (χ1v) is 10.4. The van der Waals surface area contributed by atoms with Crippen molar-refractivity contribution in [1.82, 2.24) is 4.98 Å². The molecule has 1 aromatic heterocycles. The Kier molecular flexibility index (Phi) is 4.97. The van der Waals surface area contributed by atoms with Crippen molar-refractivity contribution in [2.24, 2.45) is 0 Å². The number of carbonyl (C=O) groups is 2. The van der Waals surface area contributed by atoms with Crippen molar-refractivity contribution in [2.45, 2.75) is 6.04 Å². The summed E-state index contributed by atoms with van der Waals surface area (Å²) in [6.07, 6.45) is 3.09. The molecular formula is C25H21N3O5. The first kappa shape index (κ1) is 20.6. The quantitative estimate of drug-likeness (QED) is 0.364. The first-order valence-electron chi connectivity index (χ1n) is 10.4. The van der Waals surface area contributed by atoms with Gasteiger partial charge >= 0.3 is 0 Å². The maximum absolute atomic E-state index is 13.2. The van der Waals surface area contributed by atoms with Crippen molar-refractivity contribution in [3.63, 3.8) is 0 Å². The number of aromatic hydroxyl groups is 1. The van der Waals surface area contributed by atoms with Crippen LogP contribution in [-0.4, -0.2) is 47.1 Å². The molecule has 1 saturated heterocycles. The molecule has 2 aromatic carbocycles. The normalized spacial score (nSPS) is 19.4. The molecule has 1 amide bonds. The van der Waals surface area contributed by atoms with Gasteiger partial charge in [0.1, 0.15) is 23.9 Å². The highest BCUT2D eigenvalue weighted by Crippen LogP contribution is 2.45. The second kappa shape index (κ2) is 7.98. The summed E-state index contributed by atoms with van der Waals surface area (Å²) in [5.41, 5.74) is 1.86. The summed E-state index contributed by atoms with van der Waals surface area (Å²) in [5.74, 6) is -1.43. The van der Waals surface area contributed by atoms with E-state index in [2.05, 4.69) is 4.98 Å². The summed E-state index contributed by atoms with van der Waals surface area (Å²) >= 11 is 0. The van der Waals surface area contributed by atoms with E-state index < -0.39 is 17.7 Å². The van der Waals surface area contributed by atoms with Crippen LogP contribution in [0.5, 0.6) is 11.5 Å². The van der Waals surface area contributed by atoms with Gasteiger partial charge in [-0.1, -0.05) is 12.1 Å². The second-order valence-corrected chi connectivity index (χ2v) is 7.89. The monoisotopic (exact) mass is 443 g/mol. The number of fused-ring (bicyclic) bond motifs is 1. The number of phenols is 1.